The van der Waals surface area contributed by atoms with Gasteiger partial charge in [-0.05, 0) is 36.2 Å². The molecule has 7 heteroatoms. The van der Waals surface area contributed by atoms with E-state index in [0.29, 0.717) is 30.2 Å². The number of carbonyl (C=O) groups excluding carboxylic acids is 2. The van der Waals surface area contributed by atoms with Crippen molar-refractivity contribution in [3.05, 3.63) is 53.6 Å². The highest BCUT2D eigenvalue weighted by molar-refractivity contribution is 5.95. The van der Waals surface area contributed by atoms with E-state index < -0.39 is 5.91 Å². The molecule has 0 aliphatic carbocycles. The van der Waals surface area contributed by atoms with Gasteiger partial charge in [0.15, 0.2) is 18.1 Å². The predicted octanol–water partition coefficient (Wildman–Crippen LogP) is 1.88. The van der Waals surface area contributed by atoms with Crippen molar-refractivity contribution in [1.29, 1.82) is 0 Å². The average molecular weight is 372 g/mol. The number of likely N-dealkylation sites (N-methyl/N-ethyl adjacent to an activating group) is 1. The number of methoxy groups -OCH3 is 2. The quantitative estimate of drug-likeness (QED) is 0.726. The standard InChI is InChI=1S/C20H24N2O5/c1-22(11-10-14-8-9-17(25-2)18(12-14)26-3)19(23)13-27-16-7-5-4-6-15(16)20(21)24/h4-9,12H,10-11,13H2,1-3H3,(H2,21,24). The van der Waals surface area contributed by atoms with E-state index in [-0.39, 0.29) is 18.1 Å². The van der Waals surface area contributed by atoms with Crippen LogP contribution in [-0.4, -0.2) is 51.1 Å². The monoisotopic (exact) mass is 372 g/mol. The Balaban J connectivity index is 1.90. The Morgan fingerprint density at radius 2 is 1.70 bits per heavy atom. The highest BCUT2D eigenvalue weighted by Gasteiger charge is 2.13. The van der Waals surface area contributed by atoms with E-state index in [1.54, 1.807) is 50.4 Å². The summed E-state index contributed by atoms with van der Waals surface area (Å²) in [5.74, 6) is 0.809. The molecule has 7 nitrogen and oxygen atoms in total. The van der Waals surface area contributed by atoms with Gasteiger partial charge in [0.25, 0.3) is 11.8 Å². The fraction of sp³-hybridized carbons (Fsp3) is 0.300. The second kappa shape index (κ2) is 9.47. The topological polar surface area (TPSA) is 91.1 Å². The minimum Gasteiger partial charge on any atom is -0.493 e. The summed E-state index contributed by atoms with van der Waals surface area (Å²) >= 11 is 0. The van der Waals surface area contributed by atoms with Gasteiger partial charge in [-0.3, -0.25) is 9.59 Å². The molecular formula is C20H24N2O5. The fourth-order valence-corrected chi connectivity index (χ4v) is 2.50. The number of carbonyl (C=O) groups is 2. The molecule has 0 atom stereocenters. The molecule has 0 aliphatic rings. The van der Waals surface area contributed by atoms with E-state index in [2.05, 4.69) is 0 Å². The molecule has 0 aromatic heterocycles. The number of nitrogens with two attached hydrogens (primary N) is 1. The summed E-state index contributed by atoms with van der Waals surface area (Å²) in [6, 6.07) is 12.2. The molecule has 0 saturated carbocycles. The second-order valence-corrected chi connectivity index (χ2v) is 5.90. The summed E-state index contributed by atoms with van der Waals surface area (Å²) < 4.78 is 16.0. The first-order chi connectivity index (χ1) is 13.0. The van der Waals surface area contributed by atoms with Gasteiger partial charge in [0, 0.05) is 13.6 Å². The maximum atomic E-state index is 12.3. The Hall–Kier alpha value is -3.22. The molecular weight excluding hydrogens is 348 g/mol. The minimum atomic E-state index is -0.597. The first kappa shape index (κ1) is 20.1. The highest BCUT2D eigenvalue weighted by Crippen LogP contribution is 2.27. The van der Waals surface area contributed by atoms with Crippen molar-refractivity contribution in [2.24, 2.45) is 5.73 Å². The molecule has 2 rings (SSSR count). The van der Waals surface area contributed by atoms with Gasteiger partial charge >= 0.3 is 0 Å². The number of hydrogen-bond donors (Lipinski definition) is 1. The van der Waals surface area contributed by atoms with Crippen LogP contribution in [-0.2, 0) is 11.2 Å². The molecule has 0 heterocycles. The molecule has 144 valence electrons. The van der Waals surface area contributed by atoms with Gasteiger partial charge in [0.05, 0.1) is 19.8 Å². The third-order valence-electron chi connectivity index (χ3n) is 4.11. The molecule has 0 radical (unpaired) electrons. The predicted molar refractivity (Wildman–Crippen MR) is 101 cm³/mol. The number of rotatable bonds is 9. The van der Waals surface area contributed by atoms with Crippen LogP contribution in [0, 0.1) is 0 Å². The lowest BCUT2D eigenvalue weighted by Crippen LogP contribution is -2.33. The summed E-state index contributed by atoms with van der Waals surface area (Å²) in [6.07, 6.45) is 0.653. The second-order valence-electron chi connectivity index (χ2n) is 5.90. The highest BCUT2D eigenvalue weighted by atomic mass is 16.5. The van der Waals surface area contributed by atoms with Crippen LogP contribution in [0.1, 0.15) is 15.9 Å². The van der Waals surface area contributed by atoms with Crippen molar-refractivity contribution in [3.63, 3.8) is 0 Å². The van der Waals surface area contributed by atoms with Gasteiger partial charge in [-0.2, -0.15) is 0 Å². The molecule has 2 amide bonds. The molecule has 0 aliphatic heterocycles. The third kappa shape index (κ3) is 5.37. The minimum absolute atomic E-state index is 0.174. The van der Waals surface area contributed by atoms with Gasteiger partial charge in [-0.25, -0.2) is 0 Å². The van der Waals surface area contributed by atoms with E-state index >= 15 is 0 Å². The largest absolute Gasteiger partial charge is 0.493 e. The van der Waals surface area contributed by atoms with Crippen molar-refractivity contribution in [1.82, 2.24) is 4.90 Å². The normalized spacial score (nSPS) is 10.2. The van der Waals surface area contributed by atoms with Crippen LogP contribution in [0.4, 0.5) is 0 Å². The van der Waals surface area contributed by atoms with E-state index in [9.17, 15) is 9.59 Å². The van der Waals surface area contributed by atoms with Gasteiger partial charge in [-0.15, -0.1) is 0 Å². The molecule has 27 heavy (non-hydrogen) atoms. The lowest BCUT2D eigenvalue weighted by molar-refractivity contribution is -0.132. The summed E-state index contributed by atoms with van der Waals surface area (Å²) in [5, 5.41) is 0. The van der Waals surface area contributed by atoms with E-state index in [1.165, 1.54) is 0 Å². The maximum Gasteiger partial charge on any atom is 0.260 e. The van der Waals surface area contributed by atoms with Crippen LogP contribution in [0.2, 0.25) is 0 Å². The molecule has 0 saturated heterocycles. The van der Waals surface area contributed by atoms with E-state index in [0.717, 1.165) is 5.56 Å². The molecule has 2 aromatic carbocycles. The van der Waals surface area contributed by atoms with Crippen LogP contribution in [0.5, 0.6) is 17.2 Å². The lowest BCUT2D eigenvalue weighted by atomic mass is 10.1. The fourth-order valence-electron chi connectivity index (χ4n) is 2.50. The summed E-state index contributed by atoms with van der Waals surface area (Å²) in [5.41, 5.74) is 6.57. The lowest BCUT2D eigenvalue weighted by Gasteiger charge is -2.18. The zero-order chi connectivity index (χ0) is 19.8. The first-order valence-corrected chi connectivity index (χ1v) is 8.42. The van der Waals surface area contributed by atoms with Crippen molar-refractivity contribution >= 4 is 11.8 Å². The summed E-state index contributed by atoms with van der Waals surface area (Å²) in [6.45, 7) is 0.335. The van der Waals surface area contributed by atoms with Crippen molar-refractivity contribution in [3.8, 4) is 17.2 Å². The molecule has 0 bridgehead atoms. The van der Waals surface area contributed by atoms with E-state index in [4.69, 9.17) is 19.9 Å². The van der Waals surface area contributed by atoms with Gasteiger partial charge in [0.1, 0.15) is 5.75 Å². The average Bonchev–Trinajstić information content (AvgIpc) is 2.69. The first-order valence-electron chi connectivity index (χ1n) is 8.42. The van der Waals surface area contributed by atoms with Crippen LogP contribution in [0.25, 0.3) is 0 Å². The number of primary amides is 1. The zero-order valence-electron chi connectivity index (χ0n) is 15.7. The summed E-state index contributed by atoms with van der Waals surface area (Å²) in [4.78, 5) is 25.2. The van der Waals surface area contributed by atoms with Crippen LogP contribution < -0.4 is 19.9 Å². The Bertz CT molecular complexity index is 807. The molecule has 2 N–H and O–H groups in total. The molecule has 0 fully saturated rings. The van der Waals surface area contributed by atoms with Gasteiger partial charge < -0.3 is 24.8 Å². The van der Waals surface area contributed by atoms with Crippen LogP contribution in [0.15, 0.2) is 42.5 Å². The van der Waals surface area contributed by atoms with Crippen molar-refractivity contribution in [2.45, 2.75) is 6.42 Å². The number of benzene rings is 2. The Morgan fingerprint density at radius 3 is 2.37 bits per heavy atom. The number of hydrogen-bond acceptors (Lipinski definition) is 5. The molecule has 0 spiro atoms. The number of ether oxygens (including phenoxy) is 3. The van der Waals surface area contributed by atoms with E-state index in [1.807, 2.05) is 18.2 Å². The van der Waals surface area contributed by atoms with Gasteiger partial charge in [-0.1, -0.05) is 18.2 Å². The van der Waals surface area contributed by atoms with Crippen LogP contribution >= 0.6 is 0 Å². The smallest absolute Gasteiger partial charge is 0.260 e. The SMILES string of the molecule is COc1ccc(CCN(C)C(=O)COc2ccccc2C(N)=O)cc1OC. The molecule has 2 aromatic rings. The van der Waals surface area contributed by atoms with Crippen LogP contribution in [0.3, 0.4) is 0 Å². The number of amides is 2. The zero-order valence-corrected chi connectivity index (χ0v) is 15.7. The third-order valence-corrected chi connectivity index (χ3v) is 4.11. The Kier molecular flexibility index (Phi) is 7.05. The van der Waals surface area contributed by atoms with Crippen molar-refractivity contribution < 1.29 is 23.8 Å². The number of nitrogens with zero attached hydrogens (tertiary/aromatic N) is 1. The van der Waals surface area contributed by atoms with Crippen molar-refractivity contribution in [2.75, 3.05) is 34.4 Å². The Morgan fingerprint density at radius 1 is 1.00 bits per heavy atom. The Labute approximate surface area is 158 Å². The molecule has 0 unspecified atom stereocenters. The van der Waals surface area contributed by atoms with Gasteiger partial charge in [0.2, 0.25) is 0 Å². The summed E-state index contributed by atoms with van der Waals surface area (Å²) in [7, 11) is 4.87. The number of para-hydroxylation sites is 1. The maximum absolute atomic E-state index is 12.3.